The molecule has 1 amide bonds. The average molecular weight is 396 g/mol. The molecule has 0 bridgehead atoms. The highest BCUT2D eigenvalue weighted by Crippen LogP contribution is 2.33. The van der Waals surface area contributed by atoms with Crippen LogP contribution < -0.4 is 14.2 Å². The lowest BCUT2D eigenvalue weighted by atomic mass is 10.1. The maximum atomic E-state index is 13.0. The number of nitrogens with zero attached hydrogens (tertiary/aromatic N) is 2. The second kappa shape index (κ2) is 8.31. The number of fused-ring (bicyclic) bond motifs is 1. The summed E-state index contributed by atoms with van der Waals surface area (Å²) in [6.07, 6.45) is 0. The molecule has 0 N–H and O–H groups in total. The molecule has 0 spiro atoms. The Balaban J connectivity index is 1.45. The number of carbonyl (C=O) groups is 1. The first-order valence-electron chi connectivity index (χ1n) is 9.00. The summed E-state index contributed by atoms with van der Waals surface area (Å²) in [5.41, 5.74) is 4.24. The summed E-state index contributed by atoms with van der Waals surface area (Å²) in [6.45, 7) is 3.68. The lowest BCUT2D eigenvalue weighted by molar-refractivity contribution is 0.0752. The lowest BCUT2D eigenvalue weighted by Gasteiger charge is -2.21. The van der Waals surface area contributed by atoms with E-state index >= 15 is 0 Å². The molecule has 1 aliphatic rings. The first kappa shape index (κ1) is 18.3. The fourth-order valence-corrected chi connectivity index (χ4v) is 3.50. The smallest absolute Gasteiger partial charge is 0.254 e. The Morgan fingerprint density at radius 3 is 2.93 bits per heavy atom. The van der Waals surface area contributed by atoms with Crippen molar-refractivity contribution in [3.05, 3.63) is 70.2 Å². The summed E-state index contributed by atoms with van der Waals surface area (Å²) < 4.78 is 16.5. The molecule has 2 aromatic carbocycles. The molecule has 0 fully saturated rings. The molecule has 0 saturated heterocycles. The van der Waals surface area contributed by atoms with Crippen molar-refractivity contribution < 1.29 is 19.0 Å². The molecule has 0 unspecified atom stereocenters. The van der Waals surface area contributed by atoms with E-state index in [4.69, 9.17) is 14.2 Å². The molecule has 6 nitrogen and oxygen atoms in total. The lowest BCUT2D eigenvalue weighted by Crippen LogP contribution is -2.30. The Labute approximate surface area is 167 Å². The number of carbonyl (C=O) groups excluding carboxylic acids is 1. The van der Waals surface area contributed by atoms with Gasteiger partial charge in [-0.2, -0.15) is 0 Å². The number of benzene rings is 2. The maximum absolute atomic E-state index is 13.0. The summed E-state index contributed by atoms with van der Waals surface area (Å²) in [6, 6.07) is 13.0. The van der Waals surface area contributed by atoms with Crippen molar-refractivity contribution in [2.45, 2.75) is 20.1 Å². The van der Waals surface area contributed by atoms with E-state index in [1.165, 1.54) is 11.3 Å². The Kier molecular flexibility index (Phi) is 5.43. The van der Waals surface area contributed by atoms with E-state index in [2.05, 4.69) is 4.98 Å². The van der Waals surface area contributed by atoms with Crippen LogP contribution in [0.1, 0.15) is 28.5 Å². The molecule has 0 atom stereocenters. The minimum atomic E-state index is -0.0423. The van der Waals surface area contributed by atoms with Gasteiger partial charge in [0, 0.05) is 24.0 Å². The normalized spacial score (nSPS) is 12.0. The summed E-state index contributed by atoms with van der Waals surface area (Å²) in [7, 11) is 0. The second-order valence-corrected chi connectivity index (χ2v) is 7.02. The van der Waals surface area contributed by atoms with Crippen LogP contribution in [0.25, 0.3) is 0 Å². The van der Waals surface area contributed by atoms with Crippen LogP contribution in [0.4, 0.5) is 0 Å². The first-order chi connectivity index (χ1) is 13.7. The highest BCUT2D eigenvalue weighted by atomic mass is 32.1. The van der Waals surface area contributed by atoms with Gasteiger partial charge in [-0.1, -0.05) is 12.1 Å². The SMILES string of the molecule is CCN(Cc1ccc2c(c1)OCO2)C(=O)c1cccc(OCc2cscn2)c1. The predicted molar refractivity (Wildman–Crippen MR) is 106 cm³/mol. The number of thiazole rings is 1. The quantitative estimate of drug-likeness (QED) is 0.601. The van der Waals surface area contributed by atoms with E-state index in [1.54, 1.807) is 22.5 Å². The molecule has 7 heteroatoms. The van der Waals surface area contributed by atoms with Crippen molar-refractivity contribution >= 4 is 17.2 Å². The molecule has 0 saturated carbocycles. The Morgan fingerprint density at radius 2 is 2.11 bits per heavy atom. The highest BCUT2D eigenvalue weighted by molar-refractivity contribution is 7.07. The fraction of sp³-hybridized carbons (Fsp3) is 0.238. The predicted octanol–water partition coefficient (Wildman–Crippen LogP) is 4.11. The molecule has 3 aromatic rings. The first-order valence-corrected chi connectivity index (χ1v) is 9.95. The minimum Gasteiger partial charge on any atom is -0.487 e. The van der Waals surface area contributed by atoms with Gasteiger partial charge in [-0.25, -0.2) is 4.98 Å². The van der Waals surface area contributed by atoms with E-state index in [0.29, 0.717) is 31.0 Å². The highest BCUT2D eigenvalue weighted by Gasteiger charge is 2.18. The van der Waals surface area contributed by atoms with Gasteiger partial charge in [0.25, 0.3) is 5.91 Å². The topological polar surface area (TPSA) is 60.9 Å². The zero-order valence-corrected chi connectivity index (χ0v) is 16.3. The largest absolute Gasteiger partial charge is 0.487 e. The van der Waals surface area contributed by atoms with Gasteiger partial charge in [-0.05, 0) is 42.8 Å². The van der Waals surface area contributed by atoms with Crippen LogP contribution in [-0.4, -0.2) is 29.1 Å². The van der Waals surface area contributed by atoms with Crippen LogP contribution in [0, 0.1) is 0 Å². The second-order valence-electron chi connectivity index (χ2n) is 6.30. The summed E-state index contributed by atoms with van der Waals surface area (Å²) in [4.78, 5) is 19.0. The van der Waals surface area contributed by atoms with Crippen molar-refractivity contribution in [2.75, 3.05) is 13.3 Å². The molecule has 0 radical (unpaired) electrons. The van der Waals surface area contributed by atoms with Crippen molar-refractivity contribution in [1.82, 2.24) is 9.88 Å². The van der Waals surface area contributed by atoms with Gasteiger partial charge >= 0.3 is 0 Å². The van der Waals surface area contributed by atoms with Crippen LogP contribution in [0.5, 0.6) is 17.2 Å². The van der Waals surface area contributed by atoms with Gasteiger partial charge in [-0.3, -0.25) is 4.79 Å². The molecule has 1 aliphatic heterocycles. The van der Waals surface area contributed by atoms with Crippen LogP contribution in [0.2, 0.25) is 0 Å². The van der Waals surface area contributed by atoms with Crippen LogP contribution in [0.3, 0.4) is 0 Å². The molecule has 2 heterocycles. The van der Waals surface area contributed by atoms with Crippen LogP contribution >= 0.6 is 11.3 Å². The Bertz CT molecular complexity index is 959. The van der Waals surface area contributed by atoms with E-state index in [9.17, 15) is 4.79 Å². The third-order valence-corrected chi connectivity index (χ3v) is 5.07. The number of amides is 1. The standard InChI is InChI=1S/C21H20N2O4S/c1-2-23(10-15-6-7-19-20(8-15)27-14-26-19)21(24)16-4-3-5-18(9-16)25-11-17-12-28-13-22-17/h3-9,12-13H,2,10-11,14H2,1H3. The van der Waals surface area contributed by atoms with Gasteiger partial charge < -0.3 is 19.1 Å². The summed E-state index contributed by atoms with van der Waals surface area (Å²) in [5, 5.41) is 1.94. The van der Waals surface area contributed by atoms with Crippen molar-refractivity contribution in [3.8, 4) is 17.2 Å². The Morgan fingerprint density at radius 1 is 1.21 bits per heavy atom. The third kappa shape index (κ3) is 4.09. The Hall–Kier alpha value is -3.06. The van der Waals surface area contributed by atoms with Gasteiger partial charge in [0.15, 0.2) is 11.5 Å². The third-order valence-electron chi connectivity index (χ3n) is 4.43. The van der Waals surface area contributed by atoms with E-state index in [1.807, 2.05) is 42.6 Å². The molecule has 4 rings (SSSR count). The van der Waals surface area contributed by atoms with E-state index in [0.717, 1.165) is 22.8 Å². The number of hydrogen-bond donors (Lipinski definition) is 0. The van der Waals surface area contributed by atoms with Gasteiger partial charge in [0.1, 0.15) is 12.4 Å². The number of ether oxygens (including phenoxy) is 3. The molecule has 28 heavy (non-hydrogen) atoms. The zero-order chi connectivity index (χ0) is 19.3. The van der Waals surface area contributed by atoms with Gasteiger partial charge in [-0.15, -0.1) is 11.3 Å². The van der Waals surface area contributed by atoms with Crippen molar-refractivity contribution in [1.29, 1.82) is 0 Å². The fourth-order valence-electron chi connectivity index (χ4n) is 2.95. The average Bonchev–Trinajstić information content (AvgIpc) is 3.41. The molecule has 1 aromatic heterocycles. The van der Waals surface area contributed by atoms with E-state index in [-0.39, 0.29) is 12.7 Å². The number of aromatic nitrogens is 1. The molecule has 144 valence electrons. The number of rotatable bonds is 7. The van der Waals surface area contributed by atoms with Gasteiger partial charge in [0.2, 0.25) is 6.79 Å². The van der Waals surface area contributed by atoms with Crippen LogP contribution in [-0.2, 0) is 13.2 Å². The van der Waals surface area contributed by atoms with E-state index < -0.39 is 0 Å². The van der Waals surface area contributed by atoms with Crippen molar-refractivity contribution in [3.63, 3.8) is 0 Å². The molecule has 0 aliphatic carbocycles. The molecular weight excluding hydrogens is 376 g/mol. The molecular formula is C21H20N2O4S. The zero-order valence-electron chi connectivity index (χ0n) is 15.5. The van der Waals surface area contributed by atoms with Crippen LogP contribution in [0.15, 0.2) is 53.4 Å². The monoisotopic (exact) mass is 396 g/mol. The maximum Gasteiger partial charge on any atom is 0.254 e. The summed E-state index contributed by atoms with van der Waals surface area (Å²) >= 11 is 1.53. The summed E-state index contributed by atoms with van der Waals surface area (Å²) in [5.74, 6) is 2.07. The minimum absolute atomic E-state index is 0.0423. The van der Waals surface area contributed by atoms with Crippen molar-refractivity contribution in [2.24, 2.45) is 0 Å². The van der Waals surface area contributed by atoms with Gasteiger partial charge in [0.05, 0.1) is 11.2 Å². The number of hydrogen-bond acceptors (Lipinski definition) is 6.